The van der Waals surface area contributed by atoms with Crippen LogP contribution < -0.4 is 5.32 Å². The van der Waals surface area contributed by atoms with E-state index in [4.69, 9.17) is 11.6 Å². The van der Waals surface area contributed by atoms with Gasteiger partial charge in [0.05, 0.1) is 5.02 Å². The second kappa shape index (κ2) is 4.30. The summed E-state index contributed by atoms with van der Waals surface area (Å²) in [6.07, 6.45) is 6.74. The lowest BCUT2D eigenvalue weighted by Crippen LogP contribution is -2.31. The Hall–Kier alpha value is -0.280. The first-order chi connectivity index (χ1) is 7.09. The Morgan fingerprint density at radius 2 is 2.13 bits per heavy atom. The molecule has 82 valence electrons. The van der Waals surface area contributed by atoms with Crippen LogP contribution in [-0.4, -0.2) is 10.5 Å². The number of pyridine rings is 1. The van der Waals surface area contributed by atoms with E-state index in [-0.39, 0.29) is 5.54 Å². The van der Waals surface area contributed by atoms with Crippen molar-refractivity contribution in [3.8, 4) is 0 Å². The van der Waals surface area contributed by atoms with E-state index in [0.29, 0.717) is 5.02 Å². The van der Waals surface area contributed by atoms with Gasteiger partial charge in [-0.2, -0.15) is 0 Å². The van der Waals surface area contributed by atoms with E-state index >= 15 is 0 Å². The first-order valence-corrected chi connectivity index (χ1v) is 6.35. The van der Waals surface area contributed by atoms with Gasteiger partial charge < -0.3 is 5.32 Å². The van der Waals surface area contributed by atoms with Crippen LogP contribution in [0.15, 0.2) is 16.7 Å². The van der Waals surface area contributed by atoms with Crippen LogP contribution in [0.5, 0.6) is 0 Å². The fourth-order valence-corrected chi connectivity index (χ4v) is 2.75. The molecule has 1 aromatic rings. The van der Waals surface area contributed by atoms with Crippen LogP contribution in [0.3, 0.4) is 0 Å². The summed E-state index contributed by atoms with van der Waals surface area (Å²) in [6.45, 7) is 2.24. The van der Waals surface area contributed by atoms with Crippen LogP contribution in [-0.2, 0) is 0 Å². The highest BCUT2D eigenvalue weighted by Crippen LogP contribution is 2.34. The van der Waals surface area contributed by atoms with Crippen LogP contribution >= 0.6 is 27.5 Å². The molecule has 1 aliphatic carbocycles. The Labute approximate surface area is 104 Å². The molecule has 0 atom stereocenters. The lowest BCUT2D eigenvalue weighted by atomic mass is 10.0. The zero-order chi connectivity index (χ0) is 10.9. The summed E-state index contributed by atoms with van der Waals surface area (Å²) in [7, 11) is 0. The zero-order valence-electron chi connectivity index (χ0n) is 8.69. The lowest BCUT2D eigenvalue weighted by Gasteiger charge is -2.26. The smallest absolute Gasteiger partial charge is 0.145 e. The Morgan fingerprint density at radius 1 is 1.47 bits per heavy atom. The first kappa shape index (κ1) is 11.2. The van der Waals surface area contributed by atoms with Gasteiger partial charge >= 0.3 is 0 Å². The average molecular weight is 290 g/mol. The number of nitrogens with one attached hydrogen (secondary N) is 1. The Morgan fingerprint density at radius 3 is 2.73 bits per heavy atom. The molecule has 1 heterocycles. The van der Waals surface area contributed by atoms with Gasteiger partial charge in [0, 0.05) is 16.2 Å². The molecule has 0 radical (unpaired) electrons. The van der Waals surface area contributed by atoms with Gasteiger partial charge in [-0.25, -0.2) is 4.98 Å². The third-order valence-electron chi connectivity index (χ3n) is 2.94. The highest BCUT2D eigenvalue weighted by atomic mass is 79.9. The SMILES string of the molecule is CC1(Nc2ncc(Br)cc2Cl)CCCC1. The van der Waals surface area contributed by atoms with Crippen molar-refractivity contribution in [1.29, 1.82) is 0 Å². The number of rotatable bonds is 2. The predicted octanol–water partition coefficient (Wildman–Crippen LogP) is 4.24. The minimum atomic E-state index is 0.171. The summed E-state index contributed by atoms with van der Waals surface area (Å²) < 4.78 is 0.912. The van der Waals surface area contributed by atoms with E-state index in [0.717, 1.165) is 10.3 Å². The molecule has 0 aromatic carbocycles. The van der Waals surface area contributed by atoms with Gasteiger partial charge in [0.25, 0.3) is 0 Å². The highest BCUT2D eigenvalue weighted by Gasteiger charge is 2.29. The summed E-state index contributed by atoms with van der Waals surface area (Å²) in [5.41, 5.74) is 0.171. The average Bonchev–Trinajstić information content (AvgIpc) is 2.58. The number of aromatic nitrogens is 1. The number of hydrogen-bond donors (Lipinski definition) is 1. The standard InChI is InChI=1S/C11H14BrClN2/c1-11(4-2-3-5-11)15-10-9(13)6-8(12)7-14-10/h6-7H,2-5H2,1H3,(H,14,15). The van der Waals surface area contributed by atoms with E-state index < -0.39 is 0 Å². The highest BCUT2D eigenvalue weighted by molar-refractivity contribution is 9.10. The van der Waals surface area contributed by atoms with Gasteiger partial charge in [-0.1, -0.05) is 24.4 Å². The molecule has 15 heavy (non-hydrogen) atoms. The lowest BCUT2D eigenvalue weighted by molar-refractivity contribution is 0.531. The molecule has 0 saturated heterocycles. The van der Waals surface area contributed by atoms with E-state index in [1.165, 1.54) is 25.7 Å². The molecule has 0 bridgehead atoms. The third-order valence-corrected chi connectivity index (χ3v) is 3.66. The quantitative estimate of drug-likeness (QED) is 0.881. The second-order valence-corrected chi connectivity index (χ2v) is 5.70. The first-order valence-electron chi connectivity index (χ1n) is 5.18. The van der Waals surface area contributed by atoms with Crippen LogP contribution in [0.2, 0.25) is 5.02 Å². The fraction of sp³-hybridized carbons (Fsp3) is 0.545. The van der Waals surface area contributed by atoms with Gasteiger partial charge in [-0.05, 0) is 41.8 Å². The Balaban J connectivity index is 2.16. The number of nitrogens with zero attached hydrogens (tertiary/aromatic N) is 1. The monoisotopic (exact) mass is 288 g/mol. The van der Waals surface area contributed by atoms with Gasteiger partial charge in [0.2, 0.25) is 0 Å². The van der Waals surface area contributed by atoms with Crippen LogP contribution in [0.25, 0.3) is 0 Å². The second-order valence-electron chi connectivity index (χ2n) is 4.38. The minimum absolute atomic E-state index is 0.171. The maximum Gasteiger partial charge on any atom is 0.145 e. The number of hydrogen-bond acceptors (Lipinski definition) is 2. The van der Waals surface area contributed by atoms with Crippen molar-refractivity contribution >= 4 is 33.3 Å². The largest absolute Gasteiger partial charge is 0.364 e. The minimum Gasteiger partial charge on any atom is -0.364 e. The van der Waals surface area contributed by atoms with Crippen molar-refractivity contribution in [2.45, 2.75) is 38.1 Å². The molecular weight excluding hydrogens is 275 g/mol. The molecule has 0 spiro atoms. The third kappa shape index (κ3) is 2.64. The van der Waals surface area contributed by atoms with Gasteiger partial charge in [0.1, 0.15) is 5.82 Å². The van der Waals surface area contributed by atoms with E-state index in [1.807, 2.05) is 6.07 Å². The fourth-order valence-electron chi connectivity index (χ4n) is 2.07. The zero-order valence-corrected chi connectivity index (χ0v) is 11.0. The summed E-state index contributed by atoms with van der Waals surface area (Å²) in [5, 5.41) is 4.13. The van der Waals surface area contributed by atoms with E-state index in [1.54, 1.807) is 6.20 Å². The molecule has 1 saturated carbocycles. The molecule has 2 rings (SSSR count). The van der Waals surface area contributed by atoms with Crippen molar-refractivity contribution in [2.75, 3.05) is 5.32 Å². The predicted molar refractivity (Wildman–Crippen MR) is 67.4 cm³/mol. The van der Waals surface area contributed by atoms with E-state index in [9.17, 15) is 0 Å². The summed E-state index contributed by atoms with van der Waals surface area (Å²) >= 11 is 9.46. The summed E-state index contributed by atoms with van der Waals surface area (Å²) in [4.78, 5) is 4.30. The number of halogens is 2. The van der Waals surface area contributed by atoms with E-state index in [2.05, 4.69) is 33.2 Å². The van der Waals surface area contributed by atoms with Crippen molar-refractivity contribution in [2.24, 2.45) is 0 Å². The maximum atomic E-state index is 6.11. The molecule has 1 fully saturated rings. The normalized spacial score (nSPS) is 19.1. The van der Waals surface area contributed by atoms with Crippen molar-refractivity contribution < 1.29 is 0 Å². The van der Waals surface area contributed by atoms with Gasteiger partial charge in [-0.3, -0.25) is 0 Å². The molecule has 0 unspecified atom stereocenters. The van der Waals surface area contributed by atoms with Crippen molar-refractivity contribution in [1.82, 2.24) is 4.98 Å². The Bertz CT molecular complexity index is 362. The molecule has 0 amide bonds. The number of anilines is 1. The van der Waals surface area contributed by atoms with Crippen molar-refractivity contribution in [3.05, 3.63) is 21.8 Å². The molecular formula is C11H14BrClN2. The van der Waals surface area contributed by atoms with Crippen LogP contribution in [0, 0.1) is 0 Å². The molecule has 0 aliphatic heterocycles. The molecule has 1 N–H and O–H groups in total. The molecule has 1 aliphatic rings. The summed E-state index contributed by atoms with van der Waals surface area (Å²) in [5.74, 6) is 0.796. The Kier molecular flexibility index (Phi) is 3.21. The molecule has 4 heteroatoms. The van der Waals surface area contributed by atoms with Gasteiger partial charge in [-0.15, -0.1) is 0 Å². The topological polar surface area (TPSA) is 24.9 Å². The molecule has 1 aromatic heterocycles. The van der Waals surface area contributed by atoms with Crippen molar-refractivity contribution in [3.63, 3.8) is 0 Å². The maximum absolute atomic E-state index is 6.11. The molecule has 2 nitrogen and oxygen atoms in total. The van der Waals surface area contributed by atoms with Crippen LogP contribution in [0.4, 0.5) is 5.82 Å². The van der Waals surface area contributed by atoms with Gasteiger partial charge in [0.15, 0.2) is 0 Å². The van der Waals surface area contributed by atoms with Crippen LogP contribution in [0.1, 0.15) is 32.6 Å². The summed E-state index contributed by atoms with van der Waals surface area (Å²) in [6, 6.07) is 1.87.